The van der Waals surface area contributed by atoms with Gasteiger partial charge in [0.15, 0.2) is 11.6 Å². The fourth-order valence-electron chi connectivity index (χ4n) is 9.30. The number of hydrogen-bond donors (Lipinski definition) is 0. The maximum absolute atomic E-state index is 13.5. The number of nitrogens with zero attached hydrogens (tertiary/aromatic N) is 7. The number of nitro benzene ring substituents is 1. The minimum atomic E-state index is -0.865. The molecular formula is C75H67N7O13S. The molecule has 0 atom stereocenters. The van der Waals surface area contributed by atoms with Gasteiger partial charge in [0.2, 0.25) is 0 Å². The van der Waals surface area contributed by atoms with Gasteiger partial charge in [0.1, 0.15) is 0 Å². The SMILES string of the molecule is CC(=O)ON=C(C)c1ccc(N(c2ccc(C(=O)c3ccc(Sc4ccc([N+](=O)[O-])cc4)cc3)cc2)c2ccc(/C(C)=N/OC(C)=O)cc2)cc1.CCOC(=O)O/N=C(\C)c1ccc(N(c2ccc(C(=O)c3cccc(C)c3)cc2)c2ccc(C(C)=NOC(=O)CC)cc2)cc1. The number of anilines is 6. The van der Waals surface area contributed by atoms with E-state index >= 15 is 0 Å². The molecule has 0 aromatic heterocycles. The second-order valence-corrected chi connectivity index (χ2v) is 22.5. The molecule has 486 valence electrons. The molecule has 20 nitrogen and oxygen atoms in total. The standard InChI is InChI=1S/C39H32N4O7S.C36H35N3O6/c1-25(40-49-27(3)44)29-5-13-33(14-6-29)42(34-15-7-30(8-16-34)26(2)41-50-28(4)45)35-17-9-31(10-18-35)39(46)32-11-21-37(22-12-32)51-38-23-19-36(20-24-38)43(47)48;1-6-34(40)44-37-25(4)27-11-17-31(18-12-27)39(32-19-13-28(14-20-32)26(5)38-45-36(42)43-7-2)33-21-15-29(16-22-33)35(41)30-10-8-9-24(3)23-30/h5-24H,1-4H3;8-23H,6-7H2,1-5H3/b40-25+,41-26?;37-25?,38-26+. The van der Waals surface area contributed by atoms with Gasteiger partial charge in [0.05, 0.1) is 34.4 Å². The molecule has 0 amide bonds. The minimum Gasteiger partial charge on any atom is -0.433 e. The number of carbonyl (C=O) groups is 6. The van der Waals surface area contributed by atoms with Crippen LogP contribution >= 0.6 is 11.8 Å². The molecule has 0 N–H and O–H groups in total. The van der Waals surface area contributed by atoms with Crippen molar-refractivity contribution in [1.29, 1.82) is 0 Å². The van der Waals surface area contributed by atoms with E-state index in [2.05, 4.69) is 20.6 Å². The van der Waals surface area contributed by atoms with Crippen LogP contribution in [0, 0.1) is 17.0 Å². The molecule has 0 heterocycles. The summed E-state index contributed by atoms with van der Waals surface area (Å²) < 4.78 is 4.76. The minimum absolute atomic E-state index is 0.0290. The van der Waals surface area contributed by atoms with Crippen molar-refractivity contribution in [3.05, 3.63) is 279 Å². The van der Waals surface area contributed by atoms with Gasteiger partial charge in [-0.25, -0.2) is 19.2 Å². The molecule has 0 spiro atoms. The molecule has 0 aliphatic carbocycles. The zero-order valence-electron chi connectivity index (χ0n) is 54.0. The summed E-state index contributed by atoms with van der Waals surface area (Å²) >= 11 is 1.44. The Morgan fingerprint density at radius 3 is 1.04 bits per heavy atom. The Morgan fingerprint density at radius 2 is 0.719 bits per heavy atom. The van der Waals surface area contributed by atoms with Crippen LogP contribution in [0.15, 0.2) is 249 Å². The second-order valence-electron chi connectivity index (χ2n) is 21.3. The van der Waals surface area contributed by atoms with Gasteiger partial charge in [-0.2, -0.15) is 0 Å². The smallest absolute Gasteiger partial charge is 0.433 e. The highest BCUT2D eigenvalue weighted by Gasteiger charge is 2.19. The number of carbonyl (C=O) groups excluding carboxylic acids is 6. The number of oxime groups is 4. The molecule has 0 fully saturated rings. The number of nitro groups is 1. The highest BCUT2D eigenvalue weighted by atomic mass is 32.2. The van der Waals surface area contributed by atoms with Crippen molar-refractivity contribution in [2.45, 2.75) is 78.5 Å². The Kier molecular flexibility index (Phi) is 24.4. The first kappa shape index (κ1) is 69.9. The molecular weight excluding hydrogens is 1240 g/mol. The third kappa shape index (κ3) is 19.3. The number of benzene rings is 9. The van der Waals surface area contributed by atoms with Gasteiger partial charge in [-0.1, -0.05) is 112 Å². The lowest BCUT2D eigenvalue weighted by molar-refractivity contribution is -0.384. The fourth-order valence-corrected chi connectivity index (χ4v) is 10.1. The summed E-state index contributed by atoms with van der Waals surface area (Å²) in [5.41, 5.74) is 13.5. The highest BCUT2D eigenvalue weighted by molar-refractivity contribution is 7.99. The van der Waals surface area contributed by atoms with Crippen LogP contribution in [-0.2, 0) is 38.5 Å². The number of hydrogen-bond acceptors (Lipinski definition) is 20. The molecule has 0 radical (unpaired) electrons. The van der Waals surface area contributed by atoms with Gasteiger partial charge in [0.25, 0.3) is 5.69 Å². The first-order valence-electron chi connectivity index (χ1n) is 30.2. The molecule has 0 aliphatic heterocycles. The lowest BCUT2D eigenvalue weighted by Crippen LogP contribution is -2.11. The van der Waals surface area contributed by atoms with E-state index < -0.39 is 29.0 Å². The van der Waals surface area contributed by atoms with E-state index in [1.54, 1.807) is 77.9 Å². The second kappa shape index (κ2) is 33.6. The first-order chi connectivity index (χ1) is 46.2. The zero-order chi connectivity index (χ0) is 68.8. The molecule has 0 saturated heterocycles. The Balaban J connectivity index is 0.000000248. The van der Waals surface area contributed by atoms with Crippen LogP contribution in [-0.4, -0.2) is 70.0 Å². The molecule has 0 unspecified atom stereocenters. The van der Waals surface area contributed by atoms with Crippen LogP contribution in [0.25, 0.3) is 0 Å². The highest BCUT2D eigenvalue weighted by Crippen LogP contribution is 2.38. The molecule has 21 heteroatoms. The van der Waals surface area contributed by atoms with Crippen LogP contribution in [0.1, 0.15) is 121 Å². The van der Waals surface area contributed by atoms with E-state index in [1.165, 1.54) is 37.7 Å². The number of ketones is 2. The number of aryl methyl sites for hydroxylation is 1. The molecule has 9 rings (SSSR count). The molecule has 9 aromatic carbocycles. The third-order valence-electron chi connectivity index (χ3n) is 14.3. The predicted octanol–water partition coefficient (Wildman–Crippen LogP) is 17.3. The Morgan fingerprint density at radius 1 is 0.406 bits per heavy atom. The van der Waals surface area contributed by atoms with Crippen LogP contribution in [0.4, 0.5) is 44.6 Å². The Labute approximate surface area is 559 Å². The summed E-state index contributed by atoms with van der Waals surface area (Å²) in [6.45, 7) is 15.1. The zero-order valence-corrected chi connectivity index (χ0v) is 54.9. The average Bonchev–Trinajstić information content (AvgIpc) is 0.905. The predicted molar refractivity (Wildman–Crippen MR) is 371 cm³/mol. The van der Waals surface area contributed by atoms with E-state index in [0.717, 1.165) is 71.7 Å². The summed E-state index contributed by atoms with van der Waals surface area (Å²) in [6, 6.07) is 66.2. The summed E-state index contributed by atoms with van der Waals surface area (Å²) in [4.78, 5) is 108. The Bertz CT molecular complexity index is 4310. The molecule has 0 saturated carbocycles. The third-order valence-corrected chi connectivity index (χ3v) is 15.4. The first-order valence-corrected chi connectivity index (χ1v) is 31.0. The van der Waals surface area contributed by atoms with E-state index in [-0.39, 0.29) is 30.3 Å². The number of ether oxygens (including phenoxy) is 1. The monoisotopic (exact) mass is 1310 g/mol. The van der Waals surface area contributed by atoms with Gasteiger partial charge in [0, 0.05) is 98.6 Å². The summed E-state index contributed by atoms with van der Waals surface area (Å²) in [5, 5.41) is 26.5. The average molecular weight is 1310 g/mol. The van der Waals surface area contributed by atoms with Gasteiger partial charge >= 0.3 is 24.1 Å². The molecule has 0 bridgehead atoms. The van der Waals surface area contributed by atoms with Crippen molar-refractivity contribution in [2.24, 2.45) is 20.6 Å². The fraction of sp³-hybridized carbons (Fsp3) is 0.147. The largest absolute Gasteiger partial charge is 0.535 e. The van der Waals surface area contributed by atoms with Crippen molar-refractivity contribution in [3.8, 4) is 0 Å². The quantitative estimate of drug-likeness (QED) is 0.0144. The topological polar surface area (TPSA) is 248 Å². The molecule has 96 heavy (non-hydrogen) atoms. The lowest BCUT2D eigenvalue weighted by Gasteiger charge is -2.26. The maximum atomic E-state index is 13.5. The van der Waals surface area contributed by atoms with Crippen LogP contribution in [0.5, 0.6) is 0 Å². The Hall–Kier alpha value is -12.0. The van der Waals surface area contributed by atoms with E-state index in [0.29, 0.717) is 45.1 Å². The van der Waals surface area contributed by atoms with Crippen molar-refractivity contribution >= 4 is 110 Å². The van der Waals surface area contributed by atoms with Gasteiger partial charge in [-0.3, -0.25) is 24.5 Å². The van der Waals surface area contributed by atoms with Crippen molar-refractivity contribution < 1.29 is 57.8 Å². The van der Waals surface area contributed by atoms with Crippen molar-refractivity contribution in [2.75, 3.05) is 16.4 Å². The normalized spacial score (nSPS) is 11.5. The molecule has 0 aliphatic rings. The van der Waals surface area contributed by atoms with Crippen LogP contribution in [0.2, 0.25) is 0 Å². The van der Waals surface area contributed by atoms with E-state index in [1.807, 2.05) is 187 Å². The van der Waals surface area contributed by atoms with Gasteiger partial charge < -0.3 is 29.0 Å². The van der Waals surface area contributed by atoms with E-state index in [9.17, 15) is 38.9 Å². The summed E-state index contributed by atoms with van der Waals surface area (Å²) in [6.07, 6.45) is -0.626. The summed E-state index contributed by atoms with van der Waals surface area (Å²) in [7, 11) is 0. The maximum Gasteiger partial charge on any atom is 0.535 e. The summed E-state index contributed by atoms with van der Waals surface area (Å²) in [5.74, 6) is -1.61. The van der Waals surface area contributed by atoms with Gasteiger partial charge in [-0.05, 0) is 203 Å². The van der Waals surface area contributed by atoms with Crippen molar-refractivity contribution in [3.63, 3.8) is 0 Å². The number of rotatable bonds is 23. The van der Waals surface area contributed by atoms with E-state index in [4.69, 9.17) is 24.1 Å². The van der Waals surface area contributed by atoms with Crippen molar-refractivity contribution in [1.82, 2.24) is 0 Å². The van der Waals surface area contributed by atoms with Gasteiger partial charge in [-0.15, -0.1) is 0 Å². The number of non-ortho nitro benzene ring substituents is 1. The van der Waals surface area contributed by atoms with Crippen LogP contribution < -0.4 is 9.80 Å². The lowest BCUT2D eigenvalue weighted by atomic mass is 10.0. The van der Waals surface area contributed by atoms with Crippen LogP contribution in [0.3, 0.4) is 0 Å². The molecule has 9 aromatic rings.